The number of carbonyl (C=O) groups is 2. The predicted octanol–water partition coefficient (Wildman–Crippen LogP) is 5.64. The Bertz CT molecular complexity index is 918. The first-order valence-corrected chi connectivity index (χ1v) is 10.2. The molecule has 1 heterocycles. The van der Waals surface area contributed by atoms with E-state index in [0.29, 0.717) is 22.9 Å². The zero-order valence-corrected chi connectivity index (χ0v) is 18.6. The summed E-state index contributed by atoms with van der Waals surface area (Å²) in [5, 5.41) is 3.44. The maximum Gasteiger partial charge on any atom is 0.413 e. The molecule has 0 aliphatic carbocycles. The molecular weight excluding hydrogens is 404 g/mol. The van der Waals surface area contributed by atoms with E-state index in [1.807, 2.05) is 46.8 Å². The molecular formula is C23H27ClN2O4. The lowest BCUT2D eigenvalue weighted by Crippen LogP contribution is -2.47. The lowest BCUT2D eigenvalue weighted by molar-refractivity contribution is -0.0626. The van der Waals surface area contributed by atoms with Crippen LogP contribution in [0, 0.1) is 0 Å². The van der Waals surface area contributed by atoms with Crippen LogP contribution in [0.2, 0.25) is 5.02 Å². The molecule has 2 aromatic rings. The van der Waals surface area contributed by atoms with Gasteiger partial charge in [-0.2, -0.15) is 0 Å². The number of benzene rings is 2. The van der Waals surface area contributed by atoms with Gasteiger partial charge in [-0.1, -0.05) is 23.7 Å². The number of ether oxygens (including phenoxy) is 2. The van der Waals surface area contributed by atoms with E-state index in [-0.39, 0.29) is 11.9 Å². The van der Waals surface area contributed by atoms with Gasteiger partial charge in [0.25, 0.3) is 5.91 Å². The molecule has 0 unspecified atom stereocenters. The van der Waals surface area contributed by atoms with Gasteiger partial charge in [-0.15, -0.1) is 0 Å². The van der Waals surface area contributed by atoms with Crippen molar-refractivity contribution < 1.29 is 19.1 Å². The summed E-state index contributed by atoms with van der Waals surface area (Å²) in [6, 6.07) is 13.8. The summed E-state index contributed by atoms with van der Waals surface area (Å²) in [4.78, 5) is 26.9. The first-order chi connectivity index (χ1) is 14.0. The SMILES string of the molecule is CC(C)(C)OC(=O)N1[C@@H](c2ccc(C(=O)Nc3ccc(Cl)cc3)cc2)COC1(C)C. The van der Waals surface area contributed by atoms with E-state index in [1.165, 1.54) is 0 Å². The molecule has 0 bridgehead atoms. The van der Waals surface area contributed by atoms with E-state index in [2.05, 4.69) is 5.32 Å². The fourth-order valence-electron chi connectivity index (χ4n) is 3.30. The molecule has 7 heteroatoms. The minimum absolute atomic E-state index is 0.226. The molecule has 1 aliphatic heterocycles. The first-order valence-electron chi connectivity index (χ1n) is 9.79. The number of amides is 2. The molecule has 160 valence electrons. The standard InChI is InChI=1S/C23H27ClN2O4/c1-22(2,3)30-21(28)26-19(14-29-23(26,4)5)15-6-8-16(9-7-15)20(27)25-18-12-10-17(24)11-13-18/h6-13,19H,14H2,1-5H3,(H,25,27)/t19-/m1/s1. The number of hydrogen-bond acceptors (Lipinski definition) is 4. The van der Waals surface area contributed by atoms with Crippen LogP contribution in [0.1, 0.15) is 56.6 Å². The number of halogens is 1. The average molecular weight is 431 g/mol. The van der Waals surface area contributed by atoms with Gasteiger partial charge in [-0.3, -0.25) is 9.69 Å². The van der Waals surface area contributed by atoms with Crippen molar-refractivity contribution in [1.82, 2.24) is 4.90 Å². The molecule has 0 spiro atoms. The van der Waals surface area contributed by atoms with E-state index in [1.54, 1.807) is 41.3 Å². The molecule has 1 fully saturated rings. The molecule has 1 atom stereocenters. The average Bonchev–Trinajstić information content (AvgIpc) is 2.97. The number of rotatable bonds is 3. The Morgan fingerprint density at radius 2 is 1.70 bits per heavy atom. The second-order valence-corrected chi connectivity index (χ2v) is 9.14. The van der Waals surface area contributed by atoms with Gasteiger partial charge in [0.15, 0.2) is 0 Å². The maximum atomic E-state index is 12.8. The summed E-state index contributed by atoms with van der Waals surface area (Å²) in [6.45, 7) is 9.52. The lowest BCUT2D eigenvalue weighted by Gasteiger charge is -2.35. The van der Waals surface area contributed by atoms with Gasteiger partial charge >= 0.3 is 6.09 Å². The molecule has 0 saturated carbocycles. The minimum Gasteiger partial charge on any atom is -0.444 e. The van der Waals surface area contributed by atoms with E-state index < -0.39 is 17.4 Å². The number of hydrogen-bond donors (Lipinski definition) is 1. The third-order valence-corrected chi connectivity index (χ3v) is 4.99. The first kappa shape index (κ1) is 22.1. The number of anilines is 1. The van der Waals surface area contributed by atoms with Crippen molar-refractivity contribution in [2.45, 2.75) is 52.0 Å². The Morgan fingerprint density at radius 1 is 1.10 bits per heavy atom. The third-order valence-electron chi connectivity index (χ3n) is 4.74. The summed E-state index contributed by atoms with van der Waals surface area (Å²) >= 11 is 5.87. The quantitative estimate of drug-likeness (QED) is 0.684. The van der Waals surface area contributed by atoms with Crippen LogP contribution in [-0.2, 0) is 9.47 Å². The van der Waals surface area contributed by atoms with Gasteiger partial charge in [-0.05, 0) is 76.6 Å². The van der Waals surface area contributed by atoms with Crippen molar-refractivity contribution in [2.75, 3.05) is 11.9 Å². The highest BCUT2D eigenvalue weighted by Gasteiger charge is 2.46. The van der Waals surface area contributed by atoms with Crippen LogP contribution in [0.15, 0.2) is 48.5 Å². The molecule has 0 radical (unpaired) electrons. The van der Waals surface area contributed by atoms with Crippen molar-refractivity contribution in [2.24, 2.45) is 0 Å². The highest BCUT2D eigenvalue weighted by atomic mass is 35.5. The van der Waals surface area contributed by atoms with Crippen molar-refractivity contribution in [3.05, 3.63) is 64.7 Å². The van der Waals surface area contributed by atoms with Gasteiger partial charge < -0.3 is 14.8 Å². The fourth-order valence-corrected chi connectivity index (χ4v) is 3.42. The van der Waals surface area contributed by atoms with Gasteiger partial charge in [-0.25, -0.2) is 4.79 Å². The summed E-state index contributed by atoms with van der Waals surface area (Å²) in [5.74, 6) is -0.226. The number of nitrogens with zero attached hydrogens (tertiary/aromatic N) is 1. The largest absolute Gasteiger partial charge is 0.444 e. The van der Waals surface area contributed by atoms with Gasteiger partial charge in [0.2, 0.25) is 0 Å². The highest BCUT2D eigenvalue weighted by molar-refractivity contribution is 6.30. The van der Waals surface area contributed by atoms with Crippen LogP contribution >= 0.6 is 11.6 Å². The molecule has 30 heavy (non-hydrogen) atoms. The Kier molecular flexibility index (Phi) is 6.11. The topological polar surface area (TPSA) is 67.9 Å². The van der Waals surface area contributed by atoms with Crippen LogP contribution in [0.4, 0.5) is 10.5 Å². The van der Waals surface area contributed by atoms with Crippen molar-refractivity contribution in [3.63, 3.8) is 0 Å². The Hall–Kier alpha value is -2.57. The summed E-state index contributed by atoms with van der Waals surface area (Å²) in [7, 11) is 0. The van der Waals surface area contributed by atoms with E-state index >= 15 is 0 Å². The zero-order chi connectivity index (χ0) is 22.1. The summed E-state index contributed by atoms with van der Waals surface area (Å²) in [5.41, 5.74) is 0.641. The van der Waals surface area contributed by atoms with E-state index in [9.17, 15) is 9.59 Å². The molecule has 2 amide bonds. The molecule has 2 aromatic carbocycles. The molecule has 1 aliphatic rings. The van der Waals surface area contributed by atoms with Gasteiger partial charge in [0, 0.05) is 16.3 Å². The Balaban J connectivity index is 1.76. The second kappa shape index (κ2) is 8.28. The van der Waals surface area contributed by atoms with Gasteiger partial charge in [0.1, 0.15) is 11.3 Å². The summed E-state index contributed by atoms with van der Waals surface area (Å²) < 4.78 is 11.4. The van der Waals surface area contributed by atoms with E-state index in [4.69, 9.17) is 21.1 Å². The van der Waals surface area contributed by atoms with Crippen molar-refractivity contribution in [3.8, 4) is 0 Å². The number of carbonyl (C=O) groups excluding carboxylic acids is 2. The minimum atomic E-state index is -0.794. The van der Waals surface area contributed by atoms with Crippen LogP contribution in [0.5, 0.6) is 0 Å². The highest BCUT2D eigenvalue weighted by Crippen LogP contribution is 2.38. The second-order valence-electron chi connectivity index (χ2n) is 8.71. The van der Waals surface area contributed by atoms with Crippen molar-refractivity contribution >= 4 is 29.3 Å². The molecule has 1 N–H and O–H groups in total. The lowest BCUT2D eigenvalue weighted by atomic mass is 10.0. The van der Waals surface area contributed by atoms with Crippen LogP contribution < -0.4 is 5.32 Å². The molecule has 6 nitrogen and oxygen atoms in total. The van der Waals surface area contributed by atoms with Crippen molar-refractivity contribution in [1.29, 1.82) is 0 Å². The number of nitrogens with one attached hydrogen (secondary N) is 1. The normalized spacial score (nSPS) is 18.2. The molecule has 0 aromatic heterocycles. The maximum absolute atomic E-state index is 12.8. The zero-order valence-electron chi connectivity index (χ0n) is 17.9. The van der Waals surface area contributed by atoms with Crippen LogP contribution in [0.3, 0.4) is 0 Å². The Labute approximate surface area is 182 Å². The predicted molar refractivity (Wildman–Crippen MR) is 117 cm³/mol. The van der Waals surface area contributed by atoms with E-state index in [0.717, 1.165) is 5.56 Å². The Morgan fingerprint density at radius 3 is 2.27 bits per heavy atom. The smallest absolute Gasteiger partial charge is 0.413 e. The van der Waals surface area contributed by atoms with Crippen LogP contribution in [0.25, 0.3) is 0 Å². The molecule has 1 saturated heterocycles. The molecule has 3 rings (SSSR count). The third kappa shape index (κ3) is 5.12. The fraction of sp³-hybridized carbons (Fsp3) is 0.391. The summed E-state index contributed by atoms with van der Waals surface area (Å²) in [6.07, 6.45) is -0.431. The van der Waals surface area contributed by atoms with Gasteiger partial charge in [0.05, 0.1) is 12.6 Å². The monoisotopic (exact) mass is 430 g/mol. The van der Waals surface area contributed by atoms with Crippen LogP contribution in [-0.4, -0.2) is 34.8 Å².